The molecule has 5 nitrogen and oxygen atoms in total. The van der Waals surface area contributed by atoms with Gasteiger partial charge in [-0.3, -0.25) is 14.1 Å². The van der Waals surface area contributed by atoms with Gasteiger partial charge < -0.3 is 14.2 Å². The second kappa shape index (κ2) is 11.2. The summed E-state index contributed by atoms with van der Waals surface area (Å²) in [5.41, 5.74) is 5.46. The van der Waals surface area contributed by atoms with Gasteiger partial charge >= 0.3 is 0 Å². The molecule has 5 rings (SSSR count). The monoisotopic (exact) mass is 501 g/mol. The van der Waals surface area contributed by atoms with Gasteiger partial charge in [0.1, 0.15) is 23.9 Å². The molecule has 3 aromatic rings. The SMILES string of the molecule is COc1ccc(C2=C(C(=O)c3ccc(OCCN4CC(CF)C4)cc3)c3ccc(OC)cc3CC2)cc1. The van der Waals surface area contributed by atoms with E-state index in [9.17, 15) is 9.18 Å². The van der Waals surface area contributed by atoms with Crippen molar-refractivity contribution in [1.29, 1.82) is 0 Å². The number of carbonyl (C=O) groups is 1. The Morgan fingerprint density at radius 2 is 1.57 bits per heavy atom. The smallest absolute Gasteiger partial charge is 0.193 e. The highest BCUT2D eigenvalue weighted by Crippen LogP contribution is 2.40. The highest BCUT2D eigenvalue weighted by molar-refractivity contribution is 6.35. The van der Waals surface area contributed by atoms with E-state index in [1.165, 1.54) is 0 Å². The number of hydrogen-bond donors (Lipinski definition) is 0. The molecule has 192 valence electrons. The minimum Gasteiger partial charge on any atom is -0.497 e. The van der Waals surface area contributed by atoms with E-state index in [-0.39, 0.29) is 18.4 Å². The van der Waals surface area contributed by atoms with Gasteiger partial charge in [-0.05, 0) is 83.6 Å². The molecule has 37 heavy (non-hydrogen) atoms. The number of halogens is 1. The number of nitrogens with zero attached hydrogens (tertiary/aromatic N) is 1. The number of benzene rings is 3. The Morgan fingerprint density at radius 1 is 0.892 bits per heavy atom. The molecule has 0 N–H and O–H groups in total. The van der Waals surface area contributed by atoms with Crippen molar-refractivity contribution in [2.24, 2.45) is 5.92 Å². The van der Waals surface area contributed by atoms with Crippen LogP contribution < -0.4 is 14.2 Å². The van der Waals surface area contributed by atoms with E-state index in [2.05, 4.69) is 4.90 Å². The van der Waals surface area contributed by atoms with Gasteiger partial charge in [-0.2, -0.15) is 0 Å². The summed E-state index contributed by atoms with van der Waals surface area (Å²) in [5.74, 6) is 2.45. The predicted molar refractivity (Wildman–Crippen MR) is 143 cm³/mol. The van der Waals surface area contributed by atoms with Crippen LogP contribution >= 0.6 is 0 Å². The van der Waals surface area contributed by atoms with Gasteiger partial charge in [-0.15, -0.1) is 0 Å². The molecule has 0 amide bonds. The topological polar surface area (TPSA) is 48.0 Å². The van der Waals surface area contributed by atoms with E-state index in [4.69, 9.17) is 14.2 Å². The molecule has 1 saturated heterocycles. The third kappa shape index (κ3) is 5.39. The summed E-state index contributed by atoms with van der Waals surface area (Å²) in [4.78, 5) is 16.1. The number of fused-ring (bicyclic) bond motifs is 1. The van der Waals surface area contributed by atoms with Crippen LogP contribution in [0.3, 0.4) is 0 Å². The fourth-order valence-corrected chi connectivity index (χ4v) is 5.13. The molecule has 1 fully saturated rings. The van der Waals surface area contributed by atoms with Gasteiger partial charge in [0.2, 0.25) is 0 Å². The number of ether oxygens (including phenoxy) is 3. The van der Waals surface area contributed by atoms with Crippen molar-refractivity contribution in [3.8, 4) is 17.2 Å². The maximum Gasteiger partial charge on any atom is 0.193 e. The van der Waals surface area contributed by atoms with Crippen LogP contribution in [-0.2, 0) is 6.42 Å². The Balaban J connectivity index is 1.39. The van der Waals surface area contributed by atoms with Crippen molar-refractivity contribution < 1.29 is 23.4 Å². The summed E-state index contributed by atoms with van der Waals surface area (Å²) in [6.07, 6.45) is 1.59. The first-order valence-electron chi connectivity index (χ1n) is 12.7. The van der Waals surface area contributed by atoms with E-state index in [0.29, 0.717) is 12.2 Å². The zero-order valence-electron chi connectivity index (χ0n) is 21.3. The average molecular weight is 502 g/mol. The zero-order chi connectivity index (χ0) is 25.8. The lowest BCUT2D eigenvalue weighted by Gasteiger charge is -2.37. The van der Waals surface area contributed by atoms with E-state index in [1.54, 1.807) is 14.2 Å². The van der Waals surface area contributed by atoms with Crippen LogP contribution in [0.25, 0.3) is 11.1 Å². The van der Waals surface area contributed by atoms with E-state index in [1.807, 2.05) is 66.7 Å². The van der Waals surface area contributed by atoms with Gasteiger partial charge in [-0.25, -0.2) is 0 Å². The number of ketones is 1. The third-order valence-electron chi connectivity index (χ3n) is 7.24. The Bertz CT molecular complexity index is 1280. The number of hydrogen-bond acceptors (Lipinski definition) is 5. The first-order valence-corrected chi connectivity index (χ1v) is 12.7. The number of alkyl halides is 1. The second-order valence-corrected chi connectivity index (χ2v) is 9.59. The Morgan fingerprint density at radius 3 is 2.24 bits per heavy atom. The van der Waals surface area contributed by atoms with E-state index in [0.717, 1.165) is 77.6 Å². The Hall–Kier alpha value is -3.64. The first-order chi connectivity index (χ1) is 18.1. The first kappa shape index (κ1) is 25.0. The van der Waals surface area contributed by atoms with Crippen LogP contribution in [-0.4, -0.2) is 57.8 Å². The lowest BCUT2D eigenvalue weighted by atomic mass is 9.79. The number of methoxy groups -OCH3 is 2. The van der Waals surface area contributed by atoms with Crippen molar-refractivity contribution in [3.63, 3.8) is 0 Å². The van der Waals surface area contributed by atoms with Crippen molar-refractivity contribution in [2.45, 2.75) is 12.8 Å². The van der Waals surface area contributed by atoms with Gasteiger partial charge in [0.05, 0.1) is 20.9 Å². The molecule has 0 bridgehead atoms. The molecule has 1 heterocycles. The summed E-state index contributed by atoms with van der Waals surface area (Å²) in [7, 11) is 3.30. The van der Waals surface area contributed by atoms with E-state index >= 15 is 0 Å². The molecule has 1 aliphatic heterocycles. The van der Waals surface area contributed by atoms with Crippen LogP contribution in [0, 0.1) is 5.92 Å². The molecule has 6 heteroatoms. The van der Waals surface area contributed by atoms with Gasteiger partial charge in [-0.1, -0.05) is 18.2 Å². The third-order valence-corrected chi connectivity index (χ3v) is 7.24. The Kier molecular flexibility index (Phi) is 7.56. The standard InChI is InChI=1S/C31H32FNO4/c1-35-25-8-3-22(4-9-25)28-13-7-24-17-27(36-2)12-14-29(24)30(28)31(34)23-5-10-26(11-6-23)37-16-15-33-19-21(18-32)20-33/h3-6,8-12,14,17,21H,7,13,15-16,18-20H2,1-2H3. The van der Waals surface area contributed by atoms with Gasteiger partial charge in [0.25, 0.3) is 0 Å². The number of allylic oxidation sites excluding steroid dienone is 2. The number of Topliss-reactive ketones (excluding diaryl/α,β-unsaturated/α-hetero) is 1. The molecular weight excluding hydrogens is 469 g/mol. The highest BCUT2D eigenvalue weighted by Gasteiger charge is 2.27. The average Bonchev–Trinajstić information content (AvgIpc) is 2.93. The molecule has 0 atom stereocenters. The molecule has 0 radical (unpaired) electrons. The van der Waals surface area contributed by atoms with Gasteiger partial charge in [0, 0.05) is 36.7 Å². The summed E-state index contributed by atoms with van der Waals surface area (Å²) in [5, 5.41) is 0. The molecule has 0 unspecified atom stereocenters. The van der Waals surface area contributed by atoms with Crippen molar-refractivity contribution in [2.75, 3.05) is 47.1 Å². The second-order valence-electron chi connectivity index (χ2n) is 9.59. The van der Waals surface area contributed by atoms with E-state index < -0.39 is 0 Å². The Labute approximate surface area is 217 Å². The molecule has 2 aliphatic rings. The fraction of sp³-hybridized carbons (Fsp3) is 0.323. The van der Waals surface area contributed by atoms with Gasteiger partial charge in [0.15, 0.2) is 5.78 Å². The normalized spacial score (nSPS) is 15.6. The van der Waals surface area contributed by atoms with Crippen molar-refractivity contribution in [3.05, 3.63) is 89.0 Å². The van der Waals surface area contributed by atoms with Crippen LogP contribution in [0.15, 0.2) is 66.7 Å². The minimum absolute atomic E-state index is 0.0127. The van der Waals surface area contributed by atoms with Crippen molar-refractivity contribution in [1.82, 2.24) is 4.90 Å². The van der Waals surface area contributed by atoms with Crippen molar-refractivity contribution >= 4 is 16.9 Å². The van der Waals surface area contributed by atoms with Crippen LogP contribution in [0.5, 0.6) is 17.2 Å². The van der Waals surface area contributed by atoms with Crippen LogP contribution in [0.4, 0.5) is 4.39 Å². The lowest BCUT2D eigenvalue weighted by molar-refractivity contribution is 0.0668. The lowest BCUT2D eigenvalue weighted by Crippen LogP contribution is -2.49. The summed E-state index contributed by atoms with van der Waals surface area (Å²) >= 11 is 0. The maximum absolute atomic E-state index is 14.0. The molecule has 0 spiro atoms. The molecule has 0 saturated carbocycles. The number of carbonyl (C=O) groups excluding carboxylic acids is 1. The quantitative estimate of drug-likeness (QED) is 0.333. The number of likely N-dealkylation sites (tertiary alicyclic amines) is 1. The fourth-order valence-electron chi connectivity index (χ4n) is 5.13. The minimum atomic E-state index is -0.249. The predicted octanol–water partition coefficient (Wildman–Crippen LogP) is 5.72. The summed E-state index contributed by atoms with van der Waals surface area (Å²) < 4.78 is 29.2. The maximum atomic E-state index is 14.0. The number of rotatable bonds is 10. The zero-order valence-corrected chi connectivity index (χ0v) is 21.3. The molecule has 1 aliphatic carbocycles. The molecular formula is C31H32FNO4. The number of aryl methyl sites for hydroxylation is 1. The summed E-state index contributed by atoms with van der Waals surface area (Å²) in [6.45, 7) is 2.66. The largest absolute Gasteiger partial charge is 0.497 e. The van der Waals surface area contributed by atoms with Crippen LogP contribution in [0.2, 0.25) is 0 Å². The summed E-state index contributed by atoms with van der Waals surface area (Å²) in [6, 6.07) is 21.2. The highest BCUT2D eigenvalue weighted by atomic mass is 19.1. The molecule has 0 aromatic heterocycles. The molecule has 3 aromatic carbocycles. The van der Waals surface area contributed by atoms with Crippen LogP contribution in [0.1, 0.15) is 33.5 Å².